The Hall–Kier alpha value is -0.0526. The Morgan fingerprint density at radius 3 is 1.35 bits per heavy atom. The first kappa shape index (κ1) is 22.2. The van der Waals surface area contributed by atoms with Crippen molar-refractivity contribution in [1.29, 1.82) is 0 Å². The number of alkyl halides is 6. The van der Waals surface area contributed by atoms with Gasteiger partial charge in [-0.15, -0.1) is 3.63 Å². The molecule has 1 N–H and O–H groups in total. The van der Waals surface area contributed by atoms with Crippen LogP contribution in [-0.4, -0.2) is 55.1 Å². The van der Waals surface area contributed by atoms with Gasteiger partial charge in [0, 0.05) is 0 Å². The van der Waals surface area contributed by atoms with E-state index in [1.54, 1.807) is 0 Å². The Bertz CT molecular complexity index is 590. The van der Waals surface area contributed by atoms with Gasteiger partial charge in [0.15, 0.2) is 0 Å². The summed E-state index contributed by atoms with van der Waals surface area (Å²) in [5.74, 6) is 0. The minimum absolute atomic E-state index is 0. The average Bonchev–Trinajstić information content (AvgIpc) is 1.93. The molecule has 0 rings (SSSR count). The van der Waals surface area contributed by atoms with E-state index in [2.05, 4.69) is 3.63 Å². The maximum absolute atomic E-state index is 11.7. The standard InChI is InChI=1S/C2HF6NO7S3.Li.H/c3-1(4,5)17(10,11)9-19(14,15)16-18(12,13)2(6,7)8;;/h9H;;. The van der Waals surface area contributed by atoms with E-state index >= 15 is 0 Å². The zero-order valence-corrected chi connectivity index (χ0v) is 10.3. The van der Waals surface area contributed by atoms with E-state index in [0.717, 1.165) is 0 Å². The molecule has 118 valence electrons. The van der Waals surface area contributed by atoms with Gasteiger partial charge in [0.1, 0.15) is 0 Å². The maximum atomic E-state index is 11.7. The molecule has 0 aliphatic heterocycles. The molecular weight excluding hydrogens is 367 g/mol. The van der Waals surface area contributed by atoms with Gasteiger partial charge in [0.2, 0.25) is 0 Å². The third-order valence-corrected chi connectivity index (χ3v) is 5.28. The normalized spacial score (nSPS) is 14.7. The van der Waals surface area contributed by atoms with Crippen LogP contribution in [0.25, 0.3) is 0 Å². The first-order valence-electron chi connectivity index (χ1n) is 3.28. The monoisotopic (exact) mass is 369 g/mol. The third kappa shape index (κ3) is 5.75. The van der Waals surface area contributed by atoms with Crippen LogP contribution >= 0.6 is 0 Å². The molecule has 0 radical (unpaired) electrons. The van der Waals surface area contributed by atoms with Crippen molar-refractivity contribution in [2.45, 2.75) is 11.0 Å². The third-order valence-electron chi connectivity index (χ3n) is 0.979. The molecule has 0 aromatic rings. The van der Waals surface area contributed by atoms with Crippen molar-refractivity contribution in [2.75, 3.05) is 0 Å². The van der Waals surface area contributed by atoms with E-state index in [1.165, 1.54) is 0 Å². The van der Waals surface area contributed by atoms with Gasteiger partial charge in [-0.25, -0.2) is 8.42 Å². The summed E-state index contributed by atoms with van der Waals surface area (Å²) in [5.41, 5.74) is -12.5. The molecule has 0 saturated carbocycles. The van der Waals surface area contributed by atoms with Crippen LogP contribution in [0.3, 0.4) is 0 Å². The molecular formula is C2H2F6LiNO7S3. The molecule has 0 saturated heterocycles. The van der Waals surface area contributed by atoms with E-state index < -0.39 is 41.5 Å². The summed E-state index contributed by atoms with van der Waals surface area (Å²) in [4.78, 5) is 0. The Morgan fingerprint density at radius 2 is 1.10 bits per heavy atom. The molecule has 0 aliphatic carbocycles. The zero-order valence-electron chi connectivity index (χ0n) is 7.85. The topological polar surface area (TPSA) is 124 Å². The van der Waals surface area contributed by atoms with Crippen LogP contribution in [0.5, 0.6) is 0 Å². The molecule has 0 aromatic carbocycles. The predicted molar refractivity (Wildman–Crippen MR) is 50.2 cm³/mol. The van der Waals surface area contributed by atoms with Gasteiger partial charge in [-0.05, 0) is 0 Å². The van der Waals surface area contributed by atoms with Gasteiger partial charge < -0.3 is 0 Å². The van der Waals surface area contributed by atoms with Crippen molar-refractivity contribution in [3.63, 3.8) is 0 Å². The molecule has 0 aromatic heterocycles. The molecule has 0 unspecified atom stereocenters. The van der Waals surface area contributed by atoms with E-state index in [0.29, 0.717) is 0 Å². The first-order chi connectivity index (χ1) is 7.91. The molecule has 0 fully saturated rings. The Kier molecular flexibility index (Phi) is 6.65. The van der Waals surface area contributed by atoms with E-state index in [1.807, 2.05) is 0 Å². The van der Waals surface area contributed by atoms with Crippen molar-refractivity contribution in [3.05, 3.63) is 0 Å². The van der Waals surface area contributed by atoms with Gasteiger partial charge in [-0.1, -0.05) is 4.13 Å². The number of halogens is 6. The summed E-state index contributed by atoms with van der Waals surface area (Å²) in [7, 11) is -20.0. The van der Waals surface area contributed by atoms with Crippen LogP contribution < -0.4 is 4.13 Å². The first-order valence-corrected chi connectivity index (χ1v) is 7.58. The predicted octanol–water partition coefficient (Wildman–Crippen LogP) is -1.11. The molecule has 20 heavy (non-hydrogen) atoms. The van der Waals surface area contributed by atoms with Crippen molar-refractivity contribution in [1.82, 2.24) is 4.13 Å². The van der Waals surface area contributed by atoms with E-state index in [-0.39, 0.29) is 23.0 Å². The average molecular weight is 369 g/mol. The summed E-state index contributed by atoms with van der Waals surface area (Å²) in [6.45, 7) is 0. The fourth-order valence-corrected chi connectivity index (χ4v) is 3.42. The number of nitrogens with one attached hydrogen (secondary N) is 1. The quantitative estimate of drug-likeness (QED) is 0.379. The van der Waals surface area contributed by atoms with Crippen LogP contribution in [0.15, 0.2) is 0 Å². The van der Waals surface area contributed by atoms with Crippen molar-refractivity contribution in [3.8, 4) is 0 Å². The number of hydrogen-bond donors (Lipinski definition) is 1. The molecule has 0 amide bonds. The zero-order chi connectivity index (χ0) is 15.9. The Balaban J connectivity index is 0. The fourth-order valence-electron chi connectivity index (χ4n) is 0.352. The molecule has 0 bridgehead atoms. The van der Waals surface area contributed by atoms with E-state index in [9.17, 15) is 51.6 Å². The SMILES string of the molecule is O=S(=O)(NS(=O)(=O)C(F)(F)F)OS(=O)(=O)C(F)(F)F.[LiH]. The summed E-state index contributed by atoms with van der Waals surface area (Å²) in [6.07, 6.45) is 0. The van der Waals surface area contributed by atoms with Gasteiger partial charge >= 0.3 is 60.3 Å². The van der Waals surface area contributed by atoms with Crippen LogP contribution in [0.2, 0.25) is 0 Å². The van der Waals surface area contributed by atoms with Crippen molar-refractivity contribution >= 4 is 49.3 Å². The molecule has 0 aliphatic rings. The molecule has 0 atom stereocenters. The van der Waals surface area contributed by atoms with Gasteiger partial charge in [-0.2, -0.15) is 43.2 Å². The summed E-state index contributed by atoms with van der Waals surface area (Å²) in [5, 5.41) is 0. The second kappa shape index (κ2) is 5.98. The van der Waals surface area contributed by atoms with Gasteiger partial charge in [-0.3, -0.25) is 0 Å². The fraction of sp³-hybridized carbons (Fsp3) is 1.00. The van der Waals surface area contributed by atoms with Crippen LogP contribution in [-0.2, 0) is 34.1 Å². The number of sulfonamides is 1. The summed E-state index contributed by atoms with van der Waals surface area (Å²) >= 11 is 0. The Morgan fingerprint density at radius 1 is 0.750 bits per heavy atom. The van der Waals surface area contributed by atoms with Crippen LogP contribution in [0.4, 0.5) is 26.3 Å². The Labute approximate surface area is 120 Å². The molecule has 8 nitrogen and oxygen atoms in total. The van der Waals surface area contributed by atoms with Crippen LogP contribution in [0.1, 0.15) is 0 Å². The molecule has 0 heterocycles. The second-order valence-electron chi connectivity index (χ2n) is 2.45. The summed E-state index contributed by atoms with van der Waals surface area (Å²) in [6, 6.07) is 0. The van der Waals surface area contributed by atoms with Crippen molar-refractivity contribution in [2.24, 2.45) is 0 Å². The van der Waals surface area contributed by atoms with Gasteiger partial charge in [0.05, 0.1) is 0 Å². The summed E-state index contributed by atoms with van der Waals surface area (Å²) < 4.78 is 134. The van der Waals surface area contributed by atoms with E-state index in [4.69, 9.17) is 0 Å². The number of rotatable bonds is 4. The van der Waals surface area contributed by atoms with Gasteiger partial charge in [0.25, 0.3) is 0 Å². The van der Waals surface area contributed by atoms with Crippen molar-refractivity contribution < 1.29 is 55.2 Å². The second-order valence-corrected chi connectivity index (χ2v) is 7.41. The minimum atomic E-state index is -6.86. The number of hydrogen-bond acceptors (Lipinski definition) is 7. The van der Waals surface area contributed by atoms with Crippen LogP contribution in [0, 0.1) is 0 Å². The molecule has 0 spiro atoms. The molecule has 18 heteroatoms.